The Morgan fingerprint density at radius 1 is 1.03 bits per heavy atom. The highest BCUT2D eigenvalue weighted by atomic mass is 16.5. The van der Waals surface area contributed by atoms with Crippen molar-refractivity contribution in [3.05, 3.63) is 42.0 Å². The van der Waals surface area contributed by atoms with Gasteiger partial charge < -0.3 is 19.1 Å². The van der Waals surface area contributed by atoms with Crippen molar-refractivity contribution < 1.29 is 19.0 Å². The fourth-order valence-electron chi connectivity index (χ4n) is 4.47. The maximum Gasteiger partial charge on any atom is 0.226 e. The Labute approximate surface area is 172 Å². The molecule has 1 amide bonds. The number of amides is 1. The number of fused-ring (bicyclic) bond motifs is 1. The minimum atomic E-state index is 0.157. The van der Waals surface area contributed by atoms with Gasteiger partial charge in [0.05, 0.1) is 20.8 Å². The average Bonchev–Trinajstić information content (AvgIpc) is 3.01. The van der Waals surface area contributed by atoms with E-state index in [2.05, 4.69) is 6.07 Å². The Kier molecular flexibility index (Phi) is 5.93. The number of rotatable bonds is 4. The van der Waals surface area contributed by atoms with Gasteiger partial charge in [-0.25, -0.2) is 0 Å². The number of nitrogens with zero attached hydrogens (tertiary/aromatic N) is 1. The summed E-state index contributed by atoms with van der Waals surface area (Å²) in [6, 6.07) is 12.0. The third-order valence-electron chi connectivity index (χ3n) is 6.00. The van der Waals surface area contributed by atoms with Crippen molar-refractivity contribution in [1.82, 2.24) is 4.90 Å². The fourth-order valence-corrected chi connectivity index (χ4v) is 4.47. The van der Waals surface area contributed by atoms with Crippen molar-refractivity contribution in [2.45, 2.75) is 38.6 Å². The minimum Gasteiger partial charge on any atom is -0.496 e. The average molecular weight is 395 g/mol. The summed E-state index contributed by atoms with van der Waals surface area (Å²) in [5, 5.41) is 0. The van der Waals surface area contributed by atoms with E-state index in [0.717, 1.165) is 53.9 Å². The second kappa shape index (κ2) is 8.76. The zero-order valence-electron chi connectivity index (χ0n) is 17.3. The zero-order valence-corrected chi connectivity index (χ0v) is 17.3. The highest BCUT2D eigenvalue weighted by Gasteiger charge is 2.29. The van der Waals surface area contributed by atoms with Crippen molar-refractivity contribution in [2.24, 2.45) is 5.92 Å². The molecule has 1 aliphatic heterocycles. The molecule has 2 aromatic carbocycles. The van der Waals surface area contributed by atoms with Crippen LogP contribution in [0.15, 0.2) is 36.4 Å². The molecule has 0 aromatic heterocycles. The SMILES string of the molecule is COc1ccccc1-c1cc2c(c(OC)c1)OCCN(C(=O)C1CCCCC1)C2. The molecular formula is C24H29NO4. The van der Waals surface area contributed by atoms with E-state index in [-0.39, 0.29) is 11.8 Å². The van der Waals surface area contributed by atoms with Crippen LogP contribution in [0.2, 0.25) is 0 Å². The minimum absolute atomic E-state index is 0.157. The van der Waals surface area contributed by atoms with Crippen LogP contribution in [0.4, 0.5) is 0 Å². The normalized spacial score (nSPS) is 17.1. The molecule has 0 unspecified atom stereocenters. The fraction of sp³-hybridized carbons (Fsp3) is 0.458. The van der Waals surface area contributed by atoms with E-state index in [4.69, 9.17) is 14.2 Å². The number of hydrogen-bond acceptors (Lipinski definition) is 4. The van der Waals surface area contributed by atoms with Crippen molar-refractivity contribution in [1.29, 1.82) is 0 Å². The first-order chi connectivity index (χ1) is 14.2. The summed E-state index contributed by atoms with van der Waals surface area (Å²) in [7, 11) is 3.33. The Balaban J connectivity index is 1.68. The number of carbonyl (C=O) groups is 1. The third-order valence-corrected chi connectivity index (χ3v) is 6.00. The molecule has 1 fully saturated rings. The second-order valence-corrected chi connectivity index (χ2v) is 7.81. The van der Waals surface area contributed by atoms with E-state index in [9.17, 15) is 4.79 Å². The van der Waals surface area contributed by atoms with Crippen LogP contribution in [-0.4, -0.2) is 38.2 Å². The molecule has 29 heavy (non-hydrogen) atoms. The summed E-state index contributed by atoms with van der Waals surface area (Å²) in [6.45, 7) is 1.64. The van der Waals surface area contributed by atoms with E-state index in [1.807, 2.05) is 35.2 Å². The number of benzene rings is 2. The first kappa shape index (κ1) is 19.6. The van der Waals surface area contributed by atoms with Gasteiger partial charge in [-0.15, -0.1) is 0 Å². The largest absolute Gasteiger partial charge is 0.496 e. The van der Waals surface area contributed by atoms with E-state index in [0.29, 0.717) is 25.4 Å². The van der Waals surface area contributed by atoms with Gasteiger partial charge in [0, 0.05) is 23.6 Å². The molecule has 2 aliphatic rings. The van der Waals surface area contributed by atoms with Crippen LogP contribution in [0.3, 0.4) is 0 Å². The maximum absolute atomic E-state index is 13.1. The quantitative estimate of drug-likeness (QED) is 0.755. The molecule has 0 spiro atoms. The summed E-state index contributed by atoms with van der Waals surface area (Å²) in [4.78, 5) is 15.1. The number of hydrogen-bond donors (Lipinski definition) is 0. The lowest BCUT2D eigenvalue weighted by Crippen LogP contribution is -2.37. The highest BCUT2D eigenvalue weighted by molar-refractivity contribution is 5.80. The monoisotopic (exact) mass is 395 g/mol. The van der Waals surface area contributed by atoms with Crippen LogP contribution in [0, 0.1) is 5.92 Å². The smallest absolute Gasteiger partial charge is 0.226 e. The van der Waals surface area contributed by atoms with Crippen LogP contribution < -0.4 is 14.2 Å². The Hall–Kier alpha value is -2.69. The summed E-state index contributed by atoms with van der Waals surface area (Å²) in [5.74, 6) is 2.66. The lowest BCUT2D eigenvalue weighted by molar-refractivity contribution is -0.137. The van der Waals surface area contributed by atoms with E-state index in [1.54, 1.807) is 14.2 Å². The molecule has 0 bridgehead atoms. The van der Waals surface area contributed by atoms with Crippen LogP contribution in [0.25, 0.3) is 11.1 Å². The predicted molar refractivity (Wildman–Crippen MR) is 112 cm³/mol. The molecule has 5 heteroatoms. The van der Waals surface area contributed by atoms with Crippen LogP contribution >= 0.6 is 0 Å². The lowest BCUT2D eigenvalue weighted by Gasteiger charge is -2.28. The van der Waals surface area contributed by atoms with Crippen molar-refractivity contribution >= 4 is 5.91 Å². The van der Waals surface area contributed by atoms with Gasteiger partial charge in [-0.2, -0.15) is 0 Å². The molecule has 0 radical (unpaired) electrons. The predicted octanol–water partition coefficient (Wildman–Crippen LogP) is 4.67. The summed E-state index contributed by atoms with van der Waals surface area (Å²) >= 11 is 0. The van der Waals surface area contributed by atoms with Crippen LogP contribution in [0.1, 0.15) is 37.7 Å². The molecule has 4 rings (SSSR count). The molecule has 2 aromatic rings. The van der Waals surface area contributed by atoms with Gasteiger partial charge in [-0.05, 0) is 36.6 Å². The molecule has 1 aliphatic carbocycles. The number of carbonyl (C=O) groups excluding carboxylic acids is 1. The van der Waals surface area contributed by atoms with Crippen LogP contribution in [0.5, 0.6) is 17.2 Å². The second-order valence-electron chi connectivity index (χ2n) is 7.81. The molecule has 0 N–H and O–H groups in total. The zero-order chi connectivity index (χ0) is 20.2. The van der Waals surface area contributed by atoms with Gasteiger partial charge in [0.25, 0.3) is 0 Å². The van der Waals surface area contributed by atoms with Gasteiger partial charge >= 0.3 is 0 Å². The van der Waals surface area contributed by atoms with Gasteiger partial charge in [0.2, 0.25) is 5.91 Å². The Morgan fingerprint density at radius 3 is 2.55 bits per heavy atom. The number of ether oxygens (including phenoxy) is 3. The highest BCUT2D eigenvalue weighted by Crippen LogP contribution is 2.41. The third kappa shape index (κ3) is 4.04. The van der Waals surface area contributed by atoms with Crippen molar-refractivity contribution in [3.8, 4) is 28.4 Å². The molecule has 0 atom stereocenters. The Bertz CT molecular complexity index is 873. The molecule has 5 nitrogen and oxygen atoms in total. The van der Waals surface area contributed by atoms with Gasteiger partial charge in [0.1, 0.15) is 12.4 Å². The summed E-state index contributed by atoms with van der Waals surface area (Å²) in [5.41, 5.74) is 2.96. The van der Waals surface area contributed by atoms with Crippen molar-refractivity contribution in [2.75, 3.05) is 27.4 Å². The van der Waals surface area contributed by atoms with Gasteiger partial charge in [-0.3, -0.25) is 4.79 Å². The standard InChI is InChI=1S/C24H29NO4/c1-27-21-11-7-6-10-20(21)18-14-19-16-25(24(26)17-8-4-3-5-9-17)12-13-29-23(19)22(15-18)28-2/h6-7,10-11,14-15,17H,3-5,8-9,12-13,16H2,1-2H3. The van der Waals surface area contributed by atoms with Gasteiger partial charge in [0.15, 0.2) is 11.5 Å². The molecule has 1 heterocycles. The van der Waals surface area contributed by atoms with Gasteiger partial charge in [-0.1, -0.05) is 37.5 Å². The Morgan fingerprint density at radius 2 is 1.79 bits per heavy atom. The first-order valence-corrected chi connectivity index (χ1v) is 10.5. The number of methoxy groups -OCH3 is 2. The van der Waals surface area contributed by atoms with E-state index >= 15 is 0 Å². The first-order valence-electron chi connectivity index (χ1n) is 10.5. The molecule has 154 valence electrons. The molecule has 1 saturated carbocycles. The summed E-state index contributed by atoms with van der Waals surface area (Å²) in [6.07, 6.45) is 5.57. The topological polar surface area (TPSA) is 48.0 Å². The lowest BCUT2D eigenvalue weighted by atomic mass is 9.88. The van der Waals surface area contributed by atoms with E-state index < -0.39 is 0 Å². The molecule has 0 saturated heterocycles. The number of para-hydroxylation sites is 1. The van der Waals surface area contributed by atoms with Crippen molar-refractivity contribution in [3.63, 3.8) is 0 Å². The maximum atomic E-state index is 13.1. The van der Waals surface area contributed by atoms with E-state index in [1.165, 1.54) is 6.42 Å². The van der Waals surface area contributed by atoms with Crippen LogP contribution in [-0.2, 0) is 11.3 Å². The molecular weight excluding hydrogens is 366 g/mol. The summed E-state index contributed by atoms with van der Waals surface area (Å²) < 4.78 is 17.2.